The molecule has 0 fully saturated rings. The molecule has 0 saturated heterocycles. The van der Waals surface area contributed by atoms with Crippen LogP contribution < -0.4 is 0 Å². The number of imidazole rings is 2. The Labute approximate surface area is 563 Å². The van der Waals surface area contributed by atoms with Crippen LogP contribution in [0.4, 0.5) is 0 Å². The molecule has 0 aliphatic heterocycles. The van der Waals surface area contributed by atoms with Crippen LogP contribution in [-0.2, 0) is 0 Å². The maximum Gasteiger partial charge on any atom is 0.111 e. The minimum atomic E-state index is 0.412. The van der Waals surface area contributed by atoms with Crippen LogP contribution in [0.15, 0.2) is 129 Å². The number of nitrogens with zero attached hydrogens (tertiary/aromatic N) is 9. The first kappa shape index (κ1) is 83.1. The molecular weight excluding hydrogens is 1130 g/mol. The Kier molecular flexibility index (Phi) is 38.7. The molecule has 0 unspecified atom stereocenters. The molecule has 8 aromatic rings. The van der Waals surface area contributed by atoms with E-state index in [0.717, 1.165) is 5.69 Å². The third-order valence-electron chi connectivity index (χ3n) is 15.6. The quantitative estimate of drug-likeness (QED) is 0.0962. The summed E-state index contributed by atoms with van der Waals surface area (Å²) < 4.78 is 8.48. The van der Waals surface area contributed by atoms with Crippen LogP contribution in [0.25, 0.3) is 0 Å². The number of aromatic nitrogens is 9. The van der Waals surface area contributed by atoms with Crippen LogP contribution in [0.1, 0.15) is 383 Å². The lowest BCUT2D eigenvalue weighted by atomic mass is 9.96. The van der Waals surface area contributed by atoms with Gasteiger partial charge in [0, 0.05) is 88.9 Å². The van der Waals surface area contributed by atoms with Crippen molar-refractivity contribution in [1.29, 1.82) is 0 Å². The highest BCUT2D eigenvalue weighted by Gasteiger charge is 2.11. The van der Waals surface area contributed by atoms with Crippen LogP contribution in [0, 0.1) is 0 Å². The van der Waals surface area contributed by atoms with E-state index in [2.05, 4.69) is 358 Å². The summed E-state index contributed by atoms with van der Waals surface area (Å²) in [7, 11) is 0. The first-order valence-electron chi connectivity index (χ1n) is 34.8. The Hall–Kier alpha value is -5.87. The van der Waals surface area contributed by atoms with E-state index in [1.54, 1.807) is 0 Å². The van der Waals surface area contributed by atoms with Crippen molar-refractivity contribution in [2.24, 2.45) is 0 Å². The molecule has 91 heavy (non-hydrogen) atoms. The summed E-state index contributed by atoms with van der Waals surface area (Å²) in [6, 6.07) is 30.9. The summed E-state index contributed by atoms with van der Waals surface area (Å²) in [5.41, 5.74) is 12.0. The highest BCUT2D eigenvalue weighted by Crippen LogP contribution is 2.29. The molecule has 0 aliphatic rings. The van der Waals surface area contributed by atoms with E-state index in [-0.39, 0.29) is 0 Å². The van der Waals surface area contributed by atoms with Gasteiger partial charge in [-0.1, -0.05) is 220 Å². The summed E-state index contributed by atoms with van der Waals surface area (Å²) in [5, 5.41) is 8.05. The van der Waals surface area contributed by atoms with Gasteiger partial charge in [-0.2, -0.15) is 0 Å². The van der Waals surface area contributed by atoms with Gasteiger partial charge in [0.05, 0.1) is 17.7 Å². The predicted molar refractivity (Wildman–Crippen MR) is 401 cm³/mol. The fraction of sp³-hybridized carbons (Fsp3) is 0.593. The van der Waals surface area contributed by atoms with Crippen LogP contribution in [-0.4, -0.2) is 43.6 Å². The monoisotopic (exact) mass is 1260 g/mol. The molecule has 8 rings (SSSR count). The number of thiophene rings is 1. The largest absolute Gasteiger partial charge is 0.352 e. The SMILES string of the molecule is CC(C)c1ccc(C(C)C)cc1.CC(C)c1ccc(C(C)C)s1.CC(C)c1cccc(C(C)C)c1.CC(C)c1ccn(C(C)C)c1.CC(C)c1ccnc(C(C)C)c1.CC(C)c1cn(C(C)C)cn1.CC(C)c1cn(C(C)C)nn1.CC(C)c1nccn1C(C)C. The molecule has 10 heteroatoms. The summed E-state index contributed by atoms with van der Waals surface area (Å²) in [6.07, 6.45) is 16.2. The summed E-state index contributed by atoms with van der Waals surface area (Å²) in [4.78, 5) is 15.9. The number of rotatable bonds is 16. The standard InChI is InChI=1S/2C12H18.C11H17N.C10H17N.C10H16S.2C9H16N2.C8H15N3/c1-9(2)11-5-7-12(8-6-11)10(3)4;1-9(2)11-6-5-7-12(8-11)10(3)4;1-8(2)10-5-6-12-11(7-10)9(3)4;1-8(2)10-5-6-11(7-10)9(3)4;1-7(2)9-5-6-10(11-9)8(3)4;1-7(2)9-5-11(6-10-9)8(3)4;1-7(2)9-10-5-6-11(9)8(3)4;1-6(2)8-5-11(7(3)4)10-9-8/h2*5-10H,1-4H3;5-9H,1-4H3;5-9H,1-4H3;3*5-8H,1-4H3;5-7H,1-4H3. The van der Waals surface area contributed by atoms with Gasteiger partial charge in [0.1, 0.15) is 5.82 Å². The fourth-order valence-electron chi connectivity index (χ4n) is 8.71. The van der Waals surface area contributed by atoms with E-state index in [1.807, 2.05) is 47.1 Å². The lowest BCUT2D eigenvalue weighted by Gasteiger charge is -2.13. The van der Waals surface area contributed by atoms with E-state index in [0.29, 0.717) is 95.2 Å². The van der Waals surface area contributed by atoms with Gasteiger partial charge in [-0.25, -0.2) is 14.6 Å². The molecule has 0 bridgehead atoms. The van der Waals surface area contributed by atoms with Gasteiger partial charge in [-0.3, -0.25) is 4.98 Å². The second kappa shape index (κ2) is 42.4. The predicted octanol–water partition coefficient (Wildman–Crippen LogP) is 25.5. The molecule has 0 N–H and O–H groups in total. The van der Waals surface area contributed by atoms with Crippen molar-refractivity contribution in [2.75, 3.05) is 0 Å². The second-order valence-corrected chi connectivity index (χ2v) is 30.4. The van der Waals surface area contributed by atoms with Gasteiger partial charge < -0.3 is 13.7 Å². The van der Waals surface area contributed by atoms with Crippen LogP contribution in [0.5, 0.6) is 0 Å². The molecule has 0 saturated carbocycles. The van der Waals surface area contributed by atoms with E-state index < -0.39 is 0 Å². The van der Waals surface area contributed by atoms with E-state index in [1.165, 1.54) is 60.3 Å². The molecular formula is C81H133N9S. The van der Waals surface area contributed by atoms with Crippen molar-refractivity contribution in [3.8, 4) is 0 Å². The summed E-state index contributed by atoms with van der Waals surface area (Å²) in [5.74, 6) is 8.44. The lowest BCUT2D eigenvalue weighted by Crippen LogP contribution is -2.06. The van der Waals surface area contributed by atoms with Gasteiger partial charge in [-0.15, -0.1) is 16.4 Å². The molecule has 9 nitrogen and oxygen atoms in total. The zero-order valence-electron chi connectivity index (χ0n) is 63.8. The fourth-order valence-corrected chi connectivity index (χ4v) is 9.73. The topological polar surface area (TPSA) is 84.2 Å². The Morgan fingerprint density at radius 2 is 0.758 bits per heavy atom. The molecule has 508 valence electrons. The first-order valence-corrected chi connectivity index (χ1v) is 35.6. The number of pyridine rings is 1. The van der Waals surface area contributed by atoms with Crippen LogP contribution in [0.3, 0.4) is 0 Å². The molecule has 6 aromatic heterocycles. The van der Waals surface area contributed by atoms with Gasteiger partial charge in [0.2, 0.25) is 0 Å². The highest BCUT2D eigenvalue weighted by molar-refractivity contribution is 7.12. The van der Waals surface area contributed by atoms with Crippen LogP contribution in [0.2, 0.25) is 0 Å². The first-order chi connectivity index (χ1) is 42.4. The summed E-state index contributed by atoms with van der Waals surface area (Å²) >= 11 is 1.95. The molecule has 2 aromatic carbocycles. The average molecular weight is 1270 g/mol. The Morgan fingerprint density at radius 1 is 0.308 bits per heavy atom. The number of benzene rings is 2. The van der Waals surface area contributed by atoms with Crippen molar-refractivity contribution >= 4 is 11.3 Å². The van der Waals surface area contributed by atoms with Crippen molar-refractivity contribution in [2.45, 2.75) is 317 Å². The Morgan fingerprint density at radius 3 is 1.05 bits per heavy atom. The molecule has 0 radical (unpaired) electrons. The van der Waals surface area contributed by atoms with E-state index in [4.69, 9.17) is 0 Å². The van der Waals surface area contributed by atoms with Gasteiger partial charge >= 0.3 is 0 Å². The molecule has 0 spiro atoms. The Bertz CT molecular complexity index is 2660. The normalized spacial score (nSPS) is 11.3. The molecule has 0 atom stereocenters. The highest BCUT2D eigenvalue weighted by atomic mass is 32.1. The maximum atomic E-state index is 4.32. The molecule has 0 amide bonds. The van der Waals surface area contributed by atoms with E-state index in [9.17, 15) is 0 Å². The smallest absolute Gasteiger partial charge is 0.111 e. The average Bonchev–Trinajstić information content (AvgIpc) is 3.72. The van der Waals surface area contributed by atoms with Crippen molar-refractivity contribution in [3.05, 3.63) is 195 Å². The van der Waals surface area contributed by atoms with Crippen LogP contribution >= 0.6 is 11.3 Å². The number of hydrogen-bond donors (Lipinski definition) is 0. The Balaban J connectivity index is 0.000000520. The lowest BCUT2D eigenvalue weighted by molar-refractivity contribution is 0.514. The minimum Gasteiger partial charge on any atom is -0.352 e. The third-order valence-corrected chi connectivity index (χ3v) is 17.3. The summed E-state index contributed by atoms with van der Waals surface area (Å²) in [6.45, 7) is 70.2. The zero-order chi connectivity index (χ0) is 69.6. The van der Waals surface area contributed by atoms with Gasteiger partial charge in [0.15, 0.2) is 0 Å². The molecule has 0 aliphatic carbocycles. The maximum absolute atomic E-state index is 4.32. The number of hydrogen-bond acceptors (Lipinski definition) is 6. The second-order valence-electron chi connectivity index (χ2n) is 29.3. The zero-order valence-corrected chi connectivity index (χ0v) is 64.6. The minimum absolute atomic E-state index is 0.412. The van der Waals surface area contributed by atoms with Gasteiger partial charge in [-0.05, 0) is 184 Å². The third kappa shape index (κ3) is 31.5. The van der Waals surface area contributed by atoms with Crippen molar-refractivity contribution in [1.82, 2.24) is 43.6 Å². The molecule has 6 heterocycles. The van der Waals surface area contributed by atoms with E-state index >= 15 is 0 Å². The van der Waals surface area contributed by atoms with Crippen molar-refractivity contribution < 1.29 is 0 Å². The van der Waals surface area contributed by atoms with Crippen molar-refractivity contribution in [3.63, 3.8) is 0 Å². The van der Waals surface area contributed by atoms with Gasteiger partial charge in [0.25, 0.3) is 0 Å².